The number of hydrogen-bond acceptors (Lipinski definition) is 1. The Labute approximate surface area is 87.2 Å². The highest BCUT2D eigenvalue weighted by Crippen LogP contribution is 2.49. The van der Waals surface area contributed by atoms with Crippen LogP contribution in [0.4, 0.5) is 17.6 Å². The maximum Gasteiger partial charge on any atom is 0.447 e. The lowest BCUT2D eigenvalue weighted by atomic mass is 10.4. The average molecular weight is 245 g/mol. The van der Waals surface area contributed by atoms with E-state index in [9.17, 15) is 17.6 Å². The molecule has 1 atom stereocenters. The summed E-state index contributed by atoms with van der Waals surface area (Å²) < 4.78 is 45.1. The molecule has 1 aromatic rings. The first-order valence-corrected chi connectivity index (χ1v) is 4.71. The third-order valence-corrected chi connectivity index (χ3v) is 2.76. The van der Waals surface area contributed by atoms with Crippen LogP contribution in [0.2, 0.25) is 0 Å². The lowest BCUT2D eigenvalue weighted by Gasteiger charge is -2.19. The summed E-state index contributed by atoms with van der Waals surface area (Å²) >= 11 is 4.64. The molecule has 1 rings (SSSR count). The van der Waals surface area contributed by atoms with E-state index in [4.69, 9.17) is 11.6 Å². The zero-order valence-electron chi connectivity index (χ0n) is 6.68. The van der Waals surface area contributed by atoms with Crippen LogP contribution in [-0.2, 0) is 0 Å². The summed E-state index contributed by atoms with van der Waals surface area (Å²) in [5.41, 5.74) is 0. The van der Waals surface area contributed by atoms with Crippen LogP contribution in [0.25, 0.3) is 0 Å². The highest BCUT2D eigenvalue weighted by Gasteiger charge is 2.56. The maximum atomic E-state index is 12.9. The van der Waals surface area contributed by atoms with E-state index in [1.165, 1.54) is 24.3 Å². The third-order valence-electron chi connectivity index (χ3n) is 1.32. The molecule has 0 aromatic heterocycles. The minimum Gasteiger partial charge on any atom is -0.203 e. The third kappa shape index (κ3) is 2.78. The fourth-order valence-electron chi connectivity index (χ4n) is 0.694. The van der Waals surface area contributed by atoms with Gasteiger partial charge in [-0.05, 0) is 12.1 Å². The molecule has 0 radical (unpaired) electrons. The maximum absolute atomic E-state index is 12.9. The quantitative estimate of drug-likeness (QED) is 0.427. The molecule has 0 nitrogen and oxygen atoms in total. The first-order chi connectivity index (χ1) is 6.33. The number of thioether (sulfide) groups is 1. The summed E-state index contributed by atoms with van der Waals surface area (Å²) in [6, 6.07) is 7.34. The molecule has 0 fully saturated rings. The van der Waals surface area contributed by atoms with Gasteiger partial charge in [0.15, 0.2) is 0 Å². The van der Waals surface area contributed by atoms with Gasteiger partial charge >= 0.3 is 10.6 Å². The molecule has 0 saturated heterocycles. The van der Waals surface area contributed by atoms with Crippen LogP contribution in [0.3, 0.4) is 0 Å². The molecule has 0 saturated carbocycles. The number of halogens is 5. The Hall–Kier alpha value is -0.420. The summed E-state index contributed by atoms with van der Waals surface area (Å²) in [5.74, 6) is 0. The zero-order valence-corrected chi connectivity index (χ0v) is 8.26. The fraction of sp³-hybridized carbons (Fsp3) is 0.250. The van der Waals surface area contributed by atoms with Crippen molar-refractivity contribution in [1.29, 1.82) is 0 Å². The summed E-state index contributed by atoms with van der Waals surface area (Å²) in [7, 11) is 0. The molecule has 0 aliphatic rings. The Balaban J connectivity index is 2.79. The Kier molecular flexibility index (Phi) is 3.32. The van der Waals surface area contributed by atoms with Crippen molar-refractivity contribution < 1.29 is 17.6 Å². The molecule has 0 N–H and O–H groups in total. The lowest BCUT2D eigenvalue weighted by Crippen LogP contribution is -2.31. The minimum absolute atomic E-state index is 0.0734. The molecular formula is C8H5ClF4S. The van der Waals surface area contributed by atoms with Gasteiger partial charge in [-0.3, -0.25) is 0 Å². The van der Waals surface area contributed by atoms with Gasteiger partial charge in [-0.15, -0.1) is 0 Å². The summed E-state index contributed by atoms with van der Waals surface area (Å²) in [4.78, 5) is 0.127. The van der Waals surface area contributed by atoms with Crippen molar-refractivity contribution in [2.24, 2.45) is 0 Å². The molecule has 0 amide bonds. The molecule has 1 aromatic carbocycles. The zero-order chi connectivity index (χ0) is 10.8. The van der Waals surface area contributed by atoms with E-state index in [1.54, 1.807) is 6.07 Å². The Bertz CT molecular complexity index is 296. The van der Waals surface area contributed by atoms with E-state index < -0.39 is 10.6 Å². The molecule has 0 heterocycles. The SMILES string of the molecule is FC(F)(F)C(F)(Cl)Sc1ccccc1. The van der Waals surface area contributed by atoms with Crippen LogP contribution < -0.4 is 0 Å². The summed E-state index contributed by atoms with van der Waals surface area (Å²) in [6.45, 7) is 0. The Morgan fingerprint density at radius 3 is 1.93 bits per heavy atom. The average Bonchev–Trinajstić information content (AvgIpc) is 2.03. The van der Waals surface area contributed by atoms with Gasteiger partial charge in [-0.25, -0.2) is 4.39 Å². The Morgan fingerprint density at radius 2 is 1.50 bits per heavy atom. The first-order valence-electron chi connectivity index (χ1n) is 3.51. The lowest BCUT2D eigenvalue weighted by molar-refractivity contribution is -0.168. The number of rotatable bonds is 2. The molecule has 1 unspecified atom stereocenters. The molecule has 6 heteroatoms. The van der Waals surface area contributed by atoms with Crippen molar-refractivity contribution >= 4 is 23.4 Å². The van der Waals surface area contributed by atoms with Crippen molar-refractivity contribution in [3.63, 3.8) is 0 Å². The molecule has 78 valence electrons. The van der Waals surface area contributed by atoms with E-state index in [0.29, 0.717) is 0 Å². The monoisotopic (exact) mass is 244 g/mol. The van der Waals surface area contributed by atoms with Crippen LogP contribution in [0.1, 0.15) is 0 Å². The fourth-order valence-corrected chi connectivity index (χ4v) is 1.67. The van der Waals surface area contributed by atoms with Gasteiger partial charge in [-0.1, -0.05) is 41.6 Å². The molecule has 14 heavy (non-hydrogen) atoms. The summed E-state index contributed by atoms with van der Waals surface area (Å²) in [5, 5.41) is 0. The van der Waals surface area contributed by atoms with Crippen molar-refractivity contribution in [3.05, 3.63) is 30.3 Å². The van der Waals surface area contributed by atoms with Gasteiger partial charge in [-0.2, -0.15) is 13.2 Å². The minimum atomic E-state index is -5.09. The molecule has 0 aliphatic heterocycles. The predicted octanol–water partition coefficient (Wildman–Crippen LogP) is 4.20. The molecule has 0 spiro atoms. The van der Waals surface area contributed by atoms with Crippen molar-refractivity contribution in [1.82, 2.24) is 0 Å². The van der Waals surface area contributed by atoms with E-state index in [1.807, 2.05) is 0 Å². The van der Waals surface area contributed by atoms with Gasteiger partial charge in [0, 0.05) is 4.90 Å². The van der Waals surface area contributed by atoms with Gasteiger partial charge in [0.25, 0.3) is 0 Å². The predicted molar refractivity (Wildman–Crippen MR) is 48.0 cm³/mol. The van der Waals surface area contributed by atoms with Crippen molar-refractivity contribution in [2.45, 2.75) is 15.5 Å². The van der Waals surface area contributed by atoms with E-state index >= 15 is 0 Å². The van der Waals surface area contributed by atoms with Gasteiger partial charge in [0.05, 0.1) is 0 Å². The van der Waals surface area contributed by atoms with Gasteiger partial charge in [0.2, 0.25) is 0 Å². The summed E-state index contributed by atoms with van der Waals surface area (Å²) in [6.07, 6.45) is -5.09. The van der Waals surface area contributed by atoms with Crippen molar-refractivity contribution in [3.8, 4) is 0 Å². The van der Waals surface area contributed by atoms with E-state index in [0.717, 1.165) is 0 Å². The number of hydrogen-bond donors (Lipinski definition) is 0. The molecule has 0 bridgehead atoms. The highest BCUT2D eigenvalue weighted by molar-refractivity contribution is 8.01. The first kappa shape index (κ1) is 11.7. The second-order valence-electron chi connectivity index (χ2n) is 2.43. The van der Waals surface area contributed by atoms with E-state index in [2.05, 4.69) is 0 Å². The van der Waals surface area contributed by atoms with Crippen LogP contribution >= 0.6 is 23.4 Å². The number of benzene rings is 1. The second-order valence-corrected chi connectivity index (χ2v) is 4.41. The van der Waals surface area contributed by atoms with E-state index in [-0.39, 0.29) is 16.7 Å². The highest BCUT2D eigenvalue weighted by atomic mass is 35.5. The van der Waals surface area contributed by atoms with Crippen molar-refractivity contribution in [2.75, 3.05) is 0 Å². The Morgan fingerprint density at radius 1 is 1.00 bits per heavy atom. The number of alkyl halides is 5. The molecular weight excluding hydrogens is 240 g/mol. The standard InChI is InChI=1S/C8H5ClF4S/c9-7(10,8(11,12)13)14-6-4-2-1-3-5-6/h1-5H. The second kappa shape index (κ2) is 3.98. The largest absolute Gasteiger partial charge is 0.447 e. The van der Waals surface area contributed by atoms with Crippen LogP contribution in [0.15, 0.2) is 35.2 Å². The van der Waals surface area contributed by atoms with Gasteiger partial charge in [0.1, 0.15) is 0 Å². The smallest absolute Gasteiger partial charge is 0.203 e. The molecule has 0 aliphatic carbocycles. The van der Waals surface area contributed by atoms with Crippen LogP contribution in [0.5, 0.6) is 0 Å². The topological polar surface area (TPSA) is 0 Å². The van der Waals surface area contributed by atoms with Crippen LogP contribution in [0, 0.1) is 0 Å². The van der Waals surface area contributed by atoms with Crippen LogP contribution in [-0.4, -0.2) is 10.6 Å². The van der Waals surface area contributed by atoms with Gasteiger partial charge < -0.3 is 0 Å². The normalized spacial score (nSPS) is 16.4.